The van der Waals surface area contributed by atoms with Gasteiger partial charge in [0.1, 0.15) is 30.0 Å². The number of carboxylic acid groups (broad SMARTS) is 1. The number of carbonyl (C=O) groups is 7. The molecule has 15 heteroatoms. The molecule has 1 saturated heterocycles. The van der Waals surface area contributed by atoms with E-state index >= 15 is 0 Å². The predicted molar refractivity (Wildman–Crippen MR) is 168 cm³/mol. The number of nitrogens with one attached hydrogen (secondary N) is 3. The maximum atomic E-state index is 13.8. The van der Waals surface area contributed by atoms with Crippen LogP contribution in [-0.4, -0.2) is 88.0 Å². The number of amides is 6. The summed E-state index contributed by atoms with van der Waals surface area (Å²) in [6.45, 7) is 0.162. The molecule has 0 bridgehead atoms. The van der Waals surface area contributed by atoms with Gasteiger partial charge in [-0.2, -0.15) is 0 Å². The van der Waals surface area contributed by atoms with Gasteiger partial charge in [0, 0.05) is 25.8 Å². The van der Waals surface area contributed by atoms with Crippen LogP contribution in [0.3, 0.4) is 0 Å². The zero-order chi connectivity index (χ0) is 33.8. The van der Waals surface area contributed by atoms with Gasteiger partial charge in [-0.3, -0.25) is 33.6 Å². The molecule has 0 spiro atoms. The maximum Gasteiger partial charge on any atom is 0.303 e. The Labute approximate surface area is 270 Å². The lowest BCUT2D eigenvalue weighted by molar-refractivity contribution is -0.146. The Morgan fingerprint density at radius 3 is 2.22 bits per heavy atom. The number of nitrogens with zero attached hydrogens (tertiary/aromatic N) is 1. The van der Waals surface area contributed by atoms with E-state index in [1.54, 1.807) is 6.07 Å². The van der Waals surface area contributed by atoms with E-state index in [2.05, 4.69) is 16.0 Å². The molecule has 2 aromatic carbocycles. The molecule has 0 radical (unpaired) electrons. The van der Waals surface area contributed by atoms with Crippen molar-refractivity contribution in [2.75, 3.05) is 12.4 Å². The topological polar surface area (TPSA) is 231 Å². The fourth-order valence-corrected chi connectivity index (χ4v) is 5.43. The summed E-state index contributed by atoms with van der Waals surface area (Å²) < 4.78 is 0. The summed E-state index contributed by atoms with van der Waals surface area (Å²) in [5.41, 5.74) is 11.4. The lowest BCUT2D eigenvalue weighted by Crippen LogP contribution is -2.60. The smallest absolute Gasteiger partial charge is 0.303 e. The molecular formula is C31H39ClN6O8. The molecule has 6 amide bonds. The molecule has 1 heterocycles. The van der Waals surface area contributed by atoms with E-state index in [4.69, 9.17) is 28.2 Å². The molecule has 8 N–H and O–H groups in total. The van der Waals surface area contributed by atoms with Crippen molar-refractivity contribution in [3.8, 4) is 0 Å². The van der Waals surface area contributed by atoms with Crippen LogP contribution in [-0.2, 0) is 40.0 Å². The summed E-state index contributed by atoms with van der Waals surface area (Å²) in [4.78, 5) is 88.8. The van der Waals surface area contributed by atoms with Crippen LogP contribution >= 0.6 is 11.6 Å². The van der Waals surface area contributed by atoms with E-state index in [-0.39, 0.29) is 38.6 Å². The Hall–Kier alpha value is -4.72. The maximum absolute atomic E-state index is 13.8. The first-order valence-electron chi connectivity index (χ1n) is 14.9. The quantitative estimate of drug-likeness (QED) is 0.135. The van der Waals surface area contributed by atoms with Gasteiger partial charge in [0.05, 0.1) is 0 Å². The summed E-state index contributed by atoms with van der Waals surface area (Å²) in [6, 6.07) is 8.40. The lowest BCUT2D eigenvalue weighted by atomic mass is 9.97. The van der Waals surface area contributed by atoms with Gasteiger partial charge in [0.2, 0.25) is 35.4 Å². The van der Waals surface area contributed by atoms with Crippen LogP contribution in [0.5, 0.6) is 0 Å². The number of aliphatic carboxylic acids is 1. The van der Waals surface area contributed by atoms with Gasteiger partial charge >= 0.3 is 5.97 Å². The standard InChI is InChI=1S/C31H39ClN6O8/c32-17-26(40)35-22(11-13-27(41)42)31(46)38-14-4-3-7-24(38)30(45)37-23(29(44)36-21(28(34)43)10-12-25(33)39)16-18-8-9-19-5-1-2-6-20(19)15-18/h1-2,5-6,8-9,15,21-24H,3-4,7,10-14,16-17H2,(H2,33,39)(H2,34,43)(H,35,40)(H,36,44)(H,37,45)(H,41,42). The van der Waals surface area contributed by atoms with E-state index in [0.717, 1.165) is 10.8 Å². The number of hydrogen-bond acceptors (Lipinski definition) is 7. The summed E-state index contributed by atoms with van der Waals surface area (Å²) in [5, 5.41) is 18.7. The van der Waals surface area contributed by atoms with E-state index < -0.39 is 77.9 Å². The average molecular weight is 659 g/mol. The first kappa shape index (κ1) is 35.8. The average Bonchev–Trinajstić information content (AvgIpc) is 3.03. The van der Waals surface area contributed by atoms with Gasteiger partial charge in [-0.05, 0) is 48.4 Å². The number of primary amides is 2. The largest absolute Gasteiger partial charge is 0.481 e. The number of fused-ring (bicyclic) bond motifs is 1. The summed E-state index contributed by atoms with van der Waals surface area (Å²) >= 11 is 5.60. The molecule has 0 aliphatic carbocycles. The molecule has 4 atom stereocenters. The predicted octanol–water partition coefficient (Wildman–Crippen LogP) is 0.0722. The minimum atomic E-state index is -1.23. The molecule has 1 fully saturated rings. The van der Waals surface area contributed by atoms with Crippen molar-refractivity contribution in [2.45, 2.75) is 75.5 Å². The number of benzene rings is 2. The number of rotatable bonds is 16. The number of piperidine rings is 1. The highest BCUT2D eigenvalue weighted by molar-refractivity contribution is 6.27. The van der Waals surface area contributed by atoms with Crippen molar-refractivity contribution >= 4 is 63.8 Å². The van der Waals surface area contributed by atoms with Crippen LogP contribution in [0.4, 0.5) is 0 Å². The molecular weight excluding hydrogens is 620 g/mol. The Morgan fingerprint density at radius 2 is 1.57 bits per heavy atom. The molecule has 1 aliphatic heterocycles. The fraction of sp³-hybridized carbons (Fsp3) is 0.452. The number of nitrogens with two attached hydrogens (primary N) is 2. The number of carbonyl (C=O) groups excluding carboxylic acids is 6. The van der Waals surface area contributed by atoms with Gasteiger partial charge in [0.15, 0.2) is 0 Å². The molecule has 1 aliphatic rings. The third-order valence-electron chi connectivity index (χ3n) is 7.72. The third kappa shape index (κ3) is 10.4. The molecule has 0 saturated carbocycles. The Kier molecular flexibility index (Phi) is 13.3. The molecule has 14 nitrogen and oxygen atoms in total. The van der Waals surface area contributed by atoms with Gasteiger partial charge in [0.25, 0.3) is 0 Å². The fourth-order valence-electron chi connectivity index (χ4n) is 5.35. The van der Waals surface area contributed by atoms with Crippen LogP contribution in [0.2, 0.25) is 0 Å². The number of hydrogen-bond donors (Lipinski definition) is 6. The first-order chi connectivity index (χ1) is 21.9. The highest BCUT2D eigenvalue weighted by Gasteiger charge is 2.38. The van der Waals surface area contributed by atoms with E-state index in [1.165, 1.54) is 4.90 Å². The van der Waals surface area contributed by atoms with Crippen molar-refractivity contribution in [1.29, 1.82) is 0 Å². The Morgan fingerprint density at radius 1 is 0.870 bits per heavy atom. The first-order valence-corrected chi connectivity index (χ1v) is 15.5. The molecule has 2 aromatic rings. The second-order valence-corrected chi connectivity index (χ2v) is 11.4. The Balaban J connectivity index is 1.88. The minimum Gasteiger partial charge on any atom is -0.481 e. The van der Waals surface area contributed by atoms with Crippen LogP contribution in [0.15, 0.2) is 42.5 Å². The summed E-state index contributed by atoms with van der Waals surface area (Å²) in [7, 11) is 0. The van der Waals surface area contributed by atoms with Crippen molar-refractivity contribution in [3.63, 3.8) is 0 Å². The number of carboxylic acids is 1. The second kappa shape index (κ2) is 17.1. The van der Waals surface area contributed by atoms with E-state index in [1.807, 2.05) is 36.4 Å². The van der Waals surface area contributed by atoms with E-state index in [9.17, 15) is 33.6 Å². The lowest BCUT2D eigenvalue weighted by Gasteiger charge is -2.37. The summed E-state index contributed by atoms with van der Waals surface area (Å²) in [6.07, 6.45) is 0.446. The zero-order valence-corrected chi connectivity index (χ0v) is 26.0. The number of alkyl halides is 1. The van der Waals surface area contributed by atoms with Crippen LogP contribution in [0.1, 0.15) is 50.5 Å². The normalized spacial score (nSPS) is 16.5. The third-order valence-corrected chi connectivity index (χ3v) is 7.96. The highest BCUT2D eigenvalue weighted by atomic mass is 35.5. The minimum absolute atomic E-state index is 0.0113. The SMILES string of the molecule is NC(=O)CCC(NC(=O)C(Cc1ccc2ccccc2c1)NC(=O)C1CCCCN1C(=O)C(CCC(=O)O)NC(=O)CCl)C(N)=O. The van der Waals surface area contributed by atoms with Crippen LogP contribution < -0.4 is 27.4 Å². The summed E-state index contributed by atoms with van der Waals surface area (Å²) in [5.74, 6) is -5.89. The molecule has 4 unspecified atom stereocenters. The van der Waals surface area contributed by atoms with Gasteiger partial charge < -0.3 is 37.4 Å². The zero-order valence-electron chi connectivity index (χ0n) is 25.2. The van der Waals surface area contributed by atoms with Crippen molar-refractivity contribution in [1.82, 2.24) is 20.9 Å². The Bertz CT molecular complexity index is 1470. The van der Waals surface area contributed by atoms with E-state index in [0.29, 0.717) is 18.4 Å². The van der Waals surface area contributed by atoms with Gasteiger partial charge in [-0.15, -0.1) is 11.6 Å². The van der Waals surface area contributed by atoms with Crippen molar-refractivity contribution < 1.29 is 38.7 Å². The monoisotopic (exact) mass is 658 g/mol. The number of halogens is 1. The van der Waals surface area contributed by atoms with Crippen LogP contribution in [0.25, 0.3) is 10.8 Å². The van der Waals surface area contributed by atoms with Crippen molar-refractivity contribution in [2.24, 2.45) is 11.5 Å². The molecule has 3 rings (SSSR count). The molecule has 248 valence electrons. The van der Waals surface area contributed by atoms with Gasteiger partial charge in [-0.25, -0.2) is 0 Å². The molecule has 46 heavy (non-hydrogen) atoms. The van der Waals surface area contributed by atoms with Crippen molar-refractivity contribution in [3.05, 3.63) is 48.0 Å². The molecule has 0 aromatic heterocycles. The second-order valence-electron chi connectivity index (χ2n) is 11.1. The highest BCUT2D eigenvalue weighted by Crippen LogP contribution is 2.21. The number of likely N-dealkylation sites (tertiary alicyclic amines) is 1. The van der Waals surface area contributed by atoms with Gasteiger partial charge in [-0.1, -0.05) is 42.5 Å². The van der Waals surface area contributed by atoms with Crippen LogP contribution in [0, 0.1) is 0 Å².